The van der Waals surface area contributed by atoms with Crippen molar-refractivity contribution in [2.45, 2.75) is 38.8 Å². The van der Waals surface area contributed by atoms with Crippen LogP contribution < -0.4 is 5.32 Å². The van der Waals surface area contributed by atoms with E-state index < -0.39 is 17.3 Å². The number of aliphatic carboxylic acids is 1. The van der Waals surface area contributed by atoms with Gasteiger partial charge in [0.05, 0.1) is 4.47 Å². The first-order valence-corrected chi connectivity index (χ1v) is 6.57. The number of rotatable bonds is 5. The zero-order chi connectivity index (χ0) is 13.9. The third-order valence-corrected chi connectivity index (χ3v) is 3.68. The smallest absolute Gasteiger partial charge is 0.328 e. The van der Waals surface area contributed by atoms with Gasteiger partial charge >= 0.3 is 5.97 Å². The first-order valence-electron chi connectivity index (χ1n) is 5.78. The molecule has 0 aliphatic rings. The summed E-state index contributed by atoms with van der Waals surface area (Å²) >= 11 is 3.08. The molecule has 0 amide bonds. The Morgan fingerprint density at radius 3 is 2.67 bits per heavy atom. The minimum atomic E-state index is -1.23. The fraction of sp³-hybridized carbons (Fsp3) is 0.462. The molecule has 0 heterocycles. The minimum absolute atomic E-state index is 0.0509. The normalized spacial score (nSPS) is 16.1. The summed E-state index contributed by atoms with van der Waals surface area (Å²) in [6.07, 6.45) is 0.811. The summed E-state index contributed by atoms with van der Waals surface area (Å²) in [7, 11) is 0. The van der Waals surface area contributed by atoms with Gasteiger partial charge in [0.1, 0.15) is 11.4 Å². The molecule has 0 aromatic heterocycles. The molecular formula is C13H17BrFNO2. The molecular weight excluding hydrogens is 301 g/mol. The van der Waals surface area contributed by atoms with Crippen LogP contribution in [-0.4, -0.2) is 17.1 Å². The van der Waals surface area contributed by atoms with Crippen molar-refractivity contribution in [3.63, 3.8) is 0 Å². The van der Waals surface area contributed by atoms with Gasteiger partial charge in [0, 0.05) is 6.04 Å². The average molecular weight is 318 g/mol. The monoisotopic (exact) mass is 317 g/mol. The highest BCUT2D eigenvalue weighted by Crippen LogP contribution is 2.26. The molecule has 0 saturated heterocycles. The van der Waals surface area contributed by atoms with Crippen molar-refractivity contribution in [3.8, 4) is 0 Å². The standard InChI is InChI=1S/C13H17BrFNO2/c1-4-8(2)16-13(3,12(17)18)9-5-6-11(15)10(14)7-9/h5-8,16H,4H2,1-3H3,(H,17,18). The lowest BCUT2D eigenvalue weighted by molar-refractivity contribution is -0.145. The largest absolute Gasteiger partial charge is 0.480 e. The topological polar surface area (TPSA) is 49.3 Å². The van der Waals surface area contributed by atoms with Crippen LogP contribution in [0.25, 0.3) is 0 Å². The van der Waals surface area contributed by atoms with Crippen molar-refractivity contribution in [1.29, 1.82) is 0 Å². The number of carboxylic acids is 1. The van der Waals surface area contributed by atoms with Gasteiger partial charge in [-0.25, -0.2) is 9.18 Å². The van der Waals surface area contributed by atoms with Crippen LogP contribution in [0.2, 0.25) is 0 Å². The van der Waals surface area contributed by atoms with Crippen LogP contribution >= 0.6 is 15.9 Å². The summed E-state index contributed by atoms with van der Waals surface area (Å²) in [4.78, 5) is 11.5. The van der Waals surface area contributed by atoms with Crippen molar-refractivity contribution in [3.05, 3.63) is 34.1 Å². The molecule has 18 heavy (non-hydrogen) atoms. The summed E-state index contributed by atoms with van der Waals surface area (Å²) in [5.41, 5.74) is -0.713. The van der Waals surface area contributed by atoms with E-state index in [2.05, 4.69) is 21.2 Å². The van der Waals surface area contributed by atoms with E-state index in [1.807, 2.05) is 13.8 Å². The van der Waals surface area contributed by atoms with Gasteiger partial charge in [0.2, 0.25) is 0 Å². The van der Waals surface area contributed by atoms with E-state index in [-0.39, 0.29) is 10.5 Å². The number of hydrogen-bond acceptors (Lipinski definition) is 2. The summed E-state index contributed by atoms with van der Waals surface area (Å²) < 4.78 is 13.5. The Balaban J connectivity index is 3.18. The average Bonchev–Trinajstić information content (AvgIpc) is 2.31. The summed E-state index contributed by atoms with van der Waals surface area (Å²) in [5.74, 6) is -1.39. The van der Waals surface area contributed by atoms with Gasteiger partial charge in [0.15, 0.2) is 0 Å². The Hall–Kier alpha value is -0.940. The zero-order valence-electron chi connectivity index (χ0n) is 10.6. The lowest BCUT2D eigenvalue weighted by Crippen LogP contribution is -2.50. The summed E-state index contributed by atoms with van der Waals surface area (Å²) in [5, 5.41) is 12.5. The van der Waals surface area contributed by atoms with Crippen molar-refractivity contribution < 1.29 is 14.3 Å². The molecule has 3 nitrogen and oxygen atoms in total. The Bertz CT molecular complexity index is 453. The van der Waals surface area contributed by atoms with Crippen LogP contribution in [0.5, 0.6) is 0 Å². The van der Waals surface area contributed by atoms with Gasteiger partial charge in [-0.2, -0.15) is 0 Å². The maximum Gasteiger partial charge on any atom is 0.328 e. The van der Waals surface area contributed by atoms with Gasteiger partial charge in [-0.1, -0.05) is 13.0 Å². The maximum absolute atomic E-state index is 13.2. The SMILES string of the molecule is CCC(C)NC(C)(C(=O)O)c1ccc(F)c(Br)c1. The van der Waals surface area contributed by atoms with E-state index in [9.17, 15) is 14.3 Å². The number of carboxylic acid groups (broad SMARTS) is 1. The molecule has 100 valence electrons. The molecule has 0 aliphatic heterocycles. The van der Waals surface area contributed by atoms with Gasteiger partial charge in [0.25, 0.3) is 0 Å². The molecule has 0 fully saturated rings. The molecule has 0 saturated carbocycles. The van der Waals surface area contributed by atoms with E-state index in [1.165, 1.54) is 18.2 Å². The molecule has 0 bridgehead atoms. The molecule has 1 rings (SSSR count). The highest BCUT2D eigenvalue weighted by molar-refractivity contribution is 9.10. The second-order valence-electron chi connectivity index (χ2n) is 4.51. The highest BCUT2D eigenvalue weighted by atomic mass is 79.9. The molecule has 0 aliphatic carbocycles. The van der Waals surface area contributed by atoms with Crippen LogP contribution in [0.15, 0.2) is 22.7 Å². The minimum Gasteiger partial charge on any atom is -0.480 e. The second kappa shape index (κ2) is 5.80. The molecule has 0 spiro atoms. The highest BCUT2D eigenvalue weighted by Gasteiger charge is 2.36. The van der Waals surface area contributed by atoms with Crippen molar-refractivity contribution in [2.24, 2.45) is 0 Å². The first-order chi connectivity index (χ1) is 8.31. The summed E-state index contributed by atoms with van der Waals surface area (Å²) in [6.45, 7) is 5.47. The molecule has 1 aromatic rings. The number of benzene rings is 1. The second-order valence-corrected chi connectivity index (χ2v) is 5.37. The third-order valence-electron chi connectivity index (χ3n) is 3.07. The fourth-order valence-corrected chi connectivity index (χ4v) is 2.05. The Kier molecular flexibility index (Phi) is 4.87. The van der Waals surface area contributed by atoms with Crippen LogP contribution in [-0.2, 0) is 10.3 Å². The van der Waals surface area contributed by atoms with Crippen molar-refractivity contribution >= 4 is 21.9 Å². The number of nitrogens with one attached hydrogen (secondary N) is 1. The van der Waals surface area contributed by atoms with Crippen LogP contribution in [0.4, 0.5) is 4.39 Å². The molecule has 5 heteroatoms. The number of halogens is 2. The molecule has 0 radical (unpaired) electrons. The van der Waals surface area contributed by atoms with E-state index in [4.69, 9.17) is 0 Å². The predicted molar refractivity (Wildman–Crippen MR) is 72.0 cm³/mol. The Labute approximate surface area is 115 Å². The van der Waals surface area contributed by atoms with Gasteiger partial charge < -0.3 is 5.11 Å². The quantitative estimate of drug-likeness (QED) is 0.876. The van der Waals surface area contributed by atoms with Gasteiger partial charge in [-0.05, 0) is 53.9 Å². The zero-order valence-corrected chi connectivity index (χ0v) is 12.2. The third kappa shape index (κ3) is 3.09. The van der Waals surface area contributed by atoms with E-state index >= 15 is 0 Å². The lowest BCUT2D eigenvalue weighted by Gasteiger charge is -2.30. The maximum atomic E-state index is 13.2. The van der Waals surface area contributed by atoms with E-state index in [1.54, 1.807) is 6.92 Å². The molecule has 2 unspecified atom stereocenters. The molecule has 1 aromatic carbocycles. The van der Waals surface area contributed by atoms with Crippen LogP contribution in [0.3, 0.4) is 0 Å². The predicted octanol–water partition coefficient (Wildman–Crippen LogP) is 3.28. The number of carbonyl (C=O) groups is 1. The van der Waals surface area contributed by atoms with Crippen molar-refractivity contribution in [2.75, 3.05) is 0 Å². The fourth-order valence-electron chi connectivity index (χ4n) is 1.67. The van der Waals surface area contributed by atoms with Crippen molar-refractivity contribution in [1.82, 2.24) is 5.32 Å². The Morgan fingerprint density at radius 1 is 1.61 bits per heavy atom. The number of hydrogen-bond donors (Lipinski definition) is 2. The molecule has 2 atom stereocenters. The molecule has 2 N–H and O–H groups in total. The van der Waals surface area contributed by atoms with Gasteiger partial charge in [-0.15, -0.1) is 0 Å². The first kappa shape index (κ1) is 15.1. The van der Waals surface area contributed by atoms with Gasteiger partial charge in [-0.3, -0.25) is 5.32 Å². The van der Waals surface area contributed by atoms with E-state index in [0.717, 1.165) is 6.42 Å². The van der Waals surface area contributed by atoms with Crippen LogP contribution in [0.1, 0.15) is 32.8 Å². The Morgan fingerprint density at radius 2 is 2.22 bits per heavy atom. The lowest BCUT2D eigenvalue weighted by atomic mass is 9.91. The van der Waals surface area contributed by atoms with E-state index in [0.29, 0.717) is 5.56 Å². The van der Waals surface area contributed by atoms with Crippen LogP contribution in [0, 0.1) is 5.82 Å². The summed E-state index contributed by atoms with van der Waals surface area (Å²) in [6, 6.07) is 4.30.